The molecular formula is C30H52O8. The van der Waals surface area contributed by atoms with Crippen LogP contribution in [0.5, 0.6) is 0 Å². The van der Waals surface area contributed by atoms with E-state index in [-0.39, 0.29) is 37.5 Å². The van der Waals surface area contributed by atoms with E-state index < -0.39 is 52.0 Å². The highest BCUT2D eigenvalue weighted by Gasteiger charge is 2.52. The van der Waals surface area contributed by atoms with E-state index in [1.807, 2.05) is 40.7 Å². The maximum atomic E-state index is 13.4. The molecule has 0 radical (unpaired) electrons. The van der Waals surface area contributed by atoms with Gasteiger partial charge in [0.05, 0.1) is 11.2 Å². The fraction of sp³-hybridized carbons (Fsp3) is 0.867. The quantitative estimate of drug-likeness (QED) is 0.239. The molecule has 6 unspecified atom stereocenters. The molecule has 2 rings (SSSR count). The first kappa shape index (κ1) is 32.7. The van der Waals surface area contributed by atoms with E-state index in [2.05, 4.69) is 0 Å². The number of esters is 2. The molecule has 220 valence electrons. The standard InChI is InChI=1S/C30H52O8/c1-19(2)28(35)15-13-26(8,33)23(18-28)37-25(32)30(36,21(5)6)16-14-27(9,34)24(31)38-29(20(3)4)12-10-11-22(7)17-29/h17,19-21,23,33-36H,10-16,18H2,1-9H3. The van der Waals surface area contributed by atoms with E-state index in [0.717, 1.165) is 18.4 Å². The van der Waals surface area contributed by atoms with Crippen molar-refractivity contribution >= 4 is 11.9 Å². The molecule has 0 aromatic carbocycles. The minimum Gasteiger partial charge on any atom is -0.457 e. The number of hydrogen-bond acceptors (Lipinski definition) is 8. The summed E-state index contributed by atoms with van der Waals surface area (Å²) in [7, 11) is 0. The first-order valence-electron chi connectivity index (χ1n) is 14.2. The van der Waals surface area contributed by atoms with E-state index in [0.29, 0.717) is 12.8 Å². The molecule has 4 N–H and O–H groups in total. The fourth-order valence-electron chi connectivity index (χ4n) is 5.50. The Morgan fingerprint density at radius 2 is 1.61 bits per heavy atom. The van der Waals surface area contributed by atoms with Crippen LogP contribution >= 0.6 is 0 Å². The molecule has 8 nitrogen and oxygen atoms in total. The zero-order chi connectivity index (χ0) is 29.3. The van der Waals surface area contributed by atoms with E-state index in [9.17, 15) is 30.0 Å². The van der Waals surface area contributed by atoms with Gasteiger partial charge >= 0.3 is 11.9 Å². The number of allylic oxidation sites excluding steroid dienone is 1. The second-order valence-corrected chi connectivity index (χ2v) is 13.4. The molecule has 8 heteroatoms. The lowest BCUT2D eigenvalue weighted by molar-refractivity contribution is -0.211. The number of hydrogen-bond donors (Lipinski definition) is 4. The zero-order valence-corrected chi connectivity index (χ0v) is 25.0. The van der Waals surface area contributed by atoms with Crippen molar-refractivity contribution in [3.63, 3.8) is 0 Å². The lowest BCUT2D eigenvalue weighted by Gasteiger charge is -2.47. The lowest BCUT2D eigenvalue weighted by Crippen LogP contribution is -2.57. The summed E-state index contributed by atoms with van der Waals surface area (Å²) in [6.45, 7) is 15.9. The minimum atomic E-state index is -2.02. The number of ether oxygens (including phenoxy) is 2. The molecule has 0 heterocycles. The van der Waals surface area contributed by atoms with Crippen LogP contribution < -0.4 is 0 Å². The van der Waals surface area contributed by atoms with Gasteiger partial charge in [-0.15, -0.1) is 0 Å². The van der Waals surface area contributed by atoms with Crippen LogP contribution in [0.1, 0.15) is 114 Å². The molecule has 0 aromatic rings. The van der Waals surface area contributed by atoms with Crippen LogP contribution in [-0.4, -0.2) is 66.5 Å². The molecule has 2 aliphatic rings. The van der Waals surface area contributed by atoms with Crippen molar-refractivity contribution in [3.8, 4) is 0 Å². The van der Waals surface area contributed by atoms with Crippen molar-refractivity contribution in [2.45, 2.75) is 148 Å². The van der Waals surface area contributed by atoms with Gasteiger partial charge in [-0.3, -0.25) is 0 Å². The Bertz CT molecular complexity index is 889. The van der Waals surface area contributed by atoms with Gasteiger partial charge in [-0.05, 0) is 89.5 Å². The number of carbonyl (C=O) groups is 2. The van der Waals surface area contributed by atoms with Crippen molar-refractivity contribution in [1.82, 2.24) is 0 Å². The van der Waals surface area contributed by atoms with Gasteiger partial charge in [0, 0.05) is 6.42 Å². The third-order valence-corrected chi connectivity index (χ3v) is 9.25. The largest absolute Gasteiger partial charge is 0.457 e. The highest BCUT2D eigenvalue weighted by molar-refractivity contribution is 5.81. The smallest absolute Gasteiger partial charge is 0.338 e. The molecule has 0 amide bonds. The molecule has 0 aliphatic heterocycles. The van der Waals surface area contributed by atoms with Gasteiger partial charge in [-0.25, -0.2) is 9.59 Å². The lowest BCUT2D eigenvalue weighted by atomic mass is 9.70. The second-order valence-electron chi connectivity index (χ2n) is 13.4. The van der Waals surface area contributed by atoms with Crippen molar-refractivity contribution < 1.29 is 39.5 Å². The maximum Gasteiger partial charge on any atom is 0.338 e. The Labute approximate surface area is 228 Å². The summed E-state index contributed by atoms with van der Waals surface area (Å²) in [5.74, 6) is -2.45. The monoisotopic (exact) mass is 540 g/mol. The van der Waals surface area contributed by atoms with Gasteiger partial charge in [-0.2, -0.15) is 0 Å². The molecule has 0 bridgehead atoms. The average molecular weight is 541 g/mol. The highest BCUT2D eigenvalue weighted by atomic mass is 16.6. The molecule has 38 heavy (non-hydrogen) atoms. The van der Waals surface area contributed by atoms with E-state index in [1.54, 1.807) is 20.8 Å². The van der Waals surface area contributed by atoms with Gasteiger partial charge < -0.3 is 29.9 Å². The Morgan fingerprint density at radius 1 is 1.00 bits per heavy atom. The fourth-order valence-corrected chi connectivity index (χ4v) is 5.50. The molecule has 0 saturated heterocycles. The second kappa shape index (κ2) is 11.6. The summed E-state index contributed by atoms with van der Waals surface area (Å²) in [6, 6.07) is 0. The van der Waals surface area contributed by atoms with Crippen LogP contribution in [-0.2, 0) is 19.1 Å². The summed E-state index contributed by atoms with van der Waals surface area (Å²) in [6.07, 6.45) is 3.62. The van der Waals surface area contributed by atoms with Gasteiger partial charge in [0.25, 0.3) is 0 Å². The summed E-state index contributed by atoms with van der Waals surface area (Å²) in [5, 5.41) is 44.5. The Morgan fingerprint density at radius 3 is 2.11 bits per heavy atom. The van der Waals surface area contributed by atoms with Crippen LogP contribution in [0.3, 0.4) is 0 Å². The highest BCUT2D eigenvalue weighted by Crippen LogP contribution is 2.42. The van der Waals surface area contributed by atoms with E-state index in [4.69, 9.17) is 9.47 Å². The van der Waals surface area contributed by atoms with Crippen LogP contribution in [0.4, 0.5) is 0 Å². The van der Waals surface area contributed by atoms with Crippen LogP contribution in [0.15, 0.2) is 11.6 Å². The summed E-state index contributed by atoms with van der Waals surface area (Å²) in [5.41, 5.74) is -6.10. The SMILES string of the molecule is CC1=CC(OC(=O)C(C)(O)CCC(O)(C(=O)OC2CC(O)(C(C)C)CCC2(C)O)C(C)C)(C(C)C)CCC1. The third kappa shape index (κ3) is 6.98. The minimum absolute atomic E-state index is 0.00726. The molecule has 1 saturated carbocycles. The van der Waals surface area contributed by atoms with E-state index >= 15 is 0 Å². The van der Waals surface area contributed by atoms with Gasteiger partial charge in [0.1, 0.15) is 11.7 Å². The normalized spacial score (nSPS) is 33.5. The summed E-state index contributed by atoms with van der Waals surface area (Å²) >= 11 is 0. The Hall–Kier alpha value is -1.48. The number of rotatable bonds is 10. The molecular weight excluding hydrogens is 488 g/mol. The van der Waals surface area contributed by atoms with Gasteiger partial charge in [0.2, 0.25) is 0 Å². The first-order chi connectivity index (χ1) is 17.2. The molecule has 6 atom stereocenters. The third-order valence-electron chi connectivity index (χ3n) is 9.25. The van der Waals surface area contributed by atoms with Crippen molar-refractivity contribution in [2.24, 2.45) is 17.8 Å². The van der Waals surface area contributed by atoms with Crippen molar-refractivity contribution in [3.05, 3.63) is 11.6 Å². The Kier molecular flexibility index (Phi) is 9.95. The summed E-state index contributed by atoms with van der Waals surface area (Å²) < 4.78 is 11.6. The average Bonchev–Trinajstić information content (AvgIpc) is 2.79. The predicted octanol–water partition coefficient (Wildman–Crippen LogP) is 4.21. The molecule has 1 fully saturated rings. The maximum absolute atomic E-state index is 13.4. The van der Waals surface area contributed by atoms with Crippen molar-refractivity contribution in [1.29, 1.82) is 0 Å². The number of aliphatic hydroxyl groups is 4. The Balaban J connectivity index is 2.18. The van der Waals surface area contributed by atoms with E-state index in [1.165, 1.54) is 6.92 Å². The first-order valence-corrected chi connectivity index (χ1v) is 14.2. The molecule has 2 aliphatic carbocycles. The van der Waals surface area contributed by atoms with Crippen molar-refractivity contribution in [2.75, 3.05) is 0 Å². The van der Waals surface area contributed by atoms with Crippen LogP contribution in [0.2, 0.25) is 0 Å². The number of carbonyl (C=O) groups excluding carboxylic acids is 2. The molecule has 0 spiro atoms. The van der Waals surface area contributed by atoms with Crippen LogP contribution in [0.25, 0.3) is 0 Å². The topological polar surface area (TPSA) is 134 Å². The summed E-state index contributed by atoms with van der Waals surface area (Å²) in [4.78, 5) is 26.5. The van der Waals surface area contributed by atoms with Gasteiger partial charge in [0.15, 0.2) is 11.2 Å². The predicted molar refractivity (Wildman–Crippen MR) is 145 cm³/mol. The van der Waals surface area contributed by atoms with Crippen LogP contribution in [0, 0.1) is 17.8 Å². The zero-order valence-electron chi connectivity index (χ0n) is 25.0. The molecule has 0 aromatic heterocycles. The van der Waals surface area contributed by atoms with Gasteiger partial charge in [-0.1, -0.05) is 47.1 Å².